The van der Waals surface area contributed by atoms with Crippen LogP contribution in [0, 0.1) is 0 Å². The molecule has 0 bridgehead atoms. The molecule has 0 aromatic heterocycles. The average molecular weight is 382 g/mol. The minimum Gasteiger partial charge on any atom is -0.376 e. The van der Waals surface area contributed by atoms with Gasteiger partial charge in [-0.05, 0) is 30.3 Å². The Morgan fingerprint density at radius 3 is 2.29 bits per heavy atom. The monoisotopic (exact) mass is 381 g/mol. The van der Waals surface area contributed by atoms with Crippen LogP contribution in [0.4, 0.5) is 16.2 Å². The normalized spacial score (nSPS) is 15.2. The molecule has 1 aliphatic heterocycles. The highest BCUT2D eigenvalue weighted by Gasteiger charge is 2.13. The number of piperazine rings is 1. The van der Waals surface area contributed by atoms with Crippen LogP contribution in [0.25, 0.3) is 0 Å². The topological polar surface area (TPSA) is 50.9 Å². The SMILES string of the molecule is CN1CCN(Cc2ccc(CNC(=O)Nc3ccccc3N(C)C)cc2)CC1. The summed E-state index contributed by atoms with van der Waals surface area (Å²) >= 11 is 0. The quantitative estimate of drug-likeness (QED) is 0.808. The number of benzene rings is 2. The van der Waals surface area contributed by atoms with Gasteiger partial charge in [0, 0.05) is 53.4 Å². The predicted molar refractivity (Wildman–Crippen MR) is 116 cm³/mol. The van der Waals surface area contributed by atoms with E-state index in [1.54, 1.807) is 0 Å². The van der Waals surface area contributed by atoms with Crippen molar-refractivity contribution in [2.24, 2.45) is 0 Å². The molecule has 1 aliphatic rings. The largest absolute Gasteiger partial charge is 0.376 e. The van der Waals surface area contributed by atoms with E-state index in [2.05, 4.69) is 51.7 Å². The lowest BCUT2D eigenvalue weighted by atomic mass is 10.1. The number of hydrogen-bond acceptors (Lipinski definition) is 4. The number of nitrogens with one attached hydrogen (secondary N) is 2. The molecule has 2 amide bonds. The molecule has 2 N–H and O–H groups in total. The van der Waals surface area contributed by atoms with Gasteiger partial charge in [0.25, 0.3) is 0 Å². The van der Waals surface area contributed by atoms with Gasteiger partial charge in [0.1, 0.15) is 0 Å². The van der Waals surface area contributed by atoms with Crippen molar-refractivity contribution in [3.63, 3.8) is 0 Å². The number of anilines is 2. The molecule has 6 heteroatoms. The van der Waals surface area contributed by atoms with Crippen molar-refractivity contribution < 1.29 is 4.79 Å². The van der Waals surface area contributed by atoms with E-state index in [1.165, 1.54) is 5.56 Å². The third kappa shape index (κ3) is 5.71. The van der Waals surface area contributed by atoms with E-state index in [0.29, 0.717) is 6.54 Å². The predicted octanol–water partition coefficient (Wildman–Crippen LogP) is 2.82. The number of nitrogens with zero attached hydrogens (tertiary/aromatic N) is 3. The van der Waals surface area contributed by atoms with Gasteiger partial charge in [0.2, 0.25) is 0 Å². The second-order valence-corrected chi connectivity index (χ2v) is 7.62. The van der Waals surface area contributed by atoms with Crippen LogP contribution < -0.4 is 15.5 Å². The van der Waals surface area contributed by atoms with Crippen molar-refractivity contribution in [1.29, 1.82) is 0 Å². The van der Waals surface area contributed by atoms with Crippen molar-refractivity contribution in [3.8, 4) is 0 Å². The van der Waals surface area contributed by atoms with E-state index in [-0.39, 0.29) is 6.03 Å². The fourth-order valence-electron chi connectivity index (χ4n) is 3.34. The molecule has 0 atom stereocenters. The molecule has 2 aromatic rings. The van der Waals surface area contributed by atoms with E-state index in [9.17, 15) is 4.79 Å². The van der Waals surface area contributed by atoms with Crippen molar-refractivity contribution in [1.82, 2.24) is 15.1 Å². The summed E-state index contributed by atoms with van der Waals surface area (Å²) in [7, 11) is 6.10. The first-order chi connectivity index (χ1) is 13.5. The summed E-state index contributed by atoms with van der Waals surface area (Å²) in [6.07, 6.45) is 0. The van der Waals surface area contributed by atoms with Crippen LogP contribution in [0.2, 0.25) is 0 Å². The summed E-state index contributed by atoms with van der Waals surface area (Å²) < 4.78 is 0. The fourth-order valence-corrected chi connectivity index (χ4v) is 3.34. The summed E-state index contributed by atoms with van der Waals surface area (Å²) in [5.41, 5.74) is 4.19. The van der Waals surface area contributed by atoms with Gasteiger partial charge in [-0.2, -0.15) is 0 Å². The van der Waals surface area contributed by atoms with Crippen molar-refractivity contribution in [3.05, 3.63) is 59.7 Å². The van der Waals surface area contributed by atoms with Crippen molar-refractivity contribution in [2.45, 2.75) is 13.1 Å². The van der Waals surface area contributed by atoms with Crippen LogP contribution in [-0.2, 0) is 13.1 Å². The van der Waals surface area contributed by atoms with Crippen LogP contribution >= 0.6 is 0 Å². The highest BCUT2D eigenvalue weighted by atomic mass is 16.2. The van der Waals surface area contributed by atoms with E-state index in [1.807, 2.05) is 43.3 Å². The number of carbonyl (C=O) groups excluding carboxylic acids is 1. The molecule has 0 aliphatic carbocycles. The average Bonchev–Trinajstić information content (AvgIpc) is 2.69. The highest BCUT2D eigenvalue weighted by Crippen LogP contribution is 2.23. The third-order valence-corrected chi connectivity index (χ3v) is 5.11. The summed E-state index contributed by atoms with van der Waals surface area (Å²) in [5.74, 6) is 0. The van der Waals surface area contributed by atoms with Gasteiger partial charge in [-0.3, -0.25) is 4.90 Å². The summed E-state index contributed by atoms with van der Waals surface area (Å²) in [6, 6.07) is 16.1. The number of likely N-dealkylation sites (N-methyl/N-ethyl adjacent to an activating group) is 1. The van der Waals surface area contributed by atoms with Gasteiger partial charge in [-0.25, -0.2) is 4.79 Å². The van der Waals surface area contributed by atoms with Gasteiger partial charge in [0.15, 0.2) is 0 Å². The minimum atomic E-state index is -0.198. The number of carbonyl (C=O) groups is 1. The smallest absolute Gasteiger partial charge is 0.319 e. The summed E-state index contributed by atoms with van der Waals surface area (Å²) in [6.45, 7) is 6.00. The second-order valence-electron chi connectivity index (χ2n) is 7.62. The molecule has 0 radical (unpaired) electrons. The molecule has 6 nitrogen and oxygen atoms in total. The Kier molecular flexibility index (Phi) is 6.90. The summed E-state index contributed by atoms with van der Waals surface area (Å²) in [4.78, 5) is 19.1. The first-order valence-electron chi connectivity index (χ1n) is 9.81. The molecule has 1 fully saturated rings. The highest BCUT2D eigenvalue weighted by molar-refractivity contribution is 5.93. The maximum atomic E-state index is 12.3. The molecule has 2 aromatic carbocycles. The van der Waals surface area contributed by atoms with E-state index >= 15 is 0 Å². The Balaban J connectivity index is 1.47. The Morgan fingerprint density at radius 2 is 1.61 bits per heavy atom. The first-order valence-corrected chi connectivity index (χ1v) is 9.81. The molecular weight excluding hydrogens is 350 g/mol. The molecule has 1 heterocycles. The Morgan fingerprint density at radius 1 is 0.964 bits per heavy atom. The summed E-state index contributed by atoms with van der Waals surface area (Å²) in [5, 5.41) is 5.86. The Hall–Kier alpha value is -2.57. The Labute approximate surface area is 168 Å². The van der Waals surface area contributed by atoms with Crippen LogP contribution in [0.5, 0.6) is 0 Å². The maximum Gasteiger partial charge on any atom is 0.319 e. The van der Waals surface area contributed by atoms with Gasteiger partial charge in [0.05, 0.1) is 11.4 Å². The van der Waals surface area contributed by atoms with Crippen molar-refractivity contribution >= 4 is 17.4 Å². The second kappa shape index (κ2) is 9.57. The van der Waals surface area contributed by atoms with Gasteiger partial charge in [-0.15, -0.1) is 0 Å². The van der Waals surface area contributed by atoms with E-state index in [4.69, 9.17) is 0 Å². The molecule has 1 saturated heterocycles. The Bertz CT molecular complexity index is 767. The lowest BCUT2D eigenvalue weighted by Gasteiger charge is -2.32. The molecular formula is C22H31N5O. The van der Waals surface area contributed by atoms with Crippen LogP contribution in [-0.4, -0.2) is 63.2 Å². The first kappa shape index (κ1) is 20.2. The molecule has 28 heavy (non-hydrogen) atoms. The van der Waals surface area contributed by atoms with Crippen LogP contribution in [0.3, 0.4) is 0 Å². The number of hydrogen-bond donors (Lipinski definition) is 2. The van der Waals surface area contributed by atoms with E-state index < -0.39 is 0 Å². The molecule has 150 valence electrons. The number of rotatable bonds is 6. The zero-order valence-corrected chi connectivity index (χ0v) is 17.1. The fraction of sp³-hybridized carbons (Fsp3) is 0.409. The van der Waals surface area contributed by atoms with Crippen molar-refractivity contribution in [2.75, 3.05) is 57.5 Å². The van der Waals surface area contributed by atoms with E-state index in [0.717, 1.165) is 49.7 Å². The minimum absolute atomic E-state index is 0.198. The molecule has 3 rings (SSSR count). The molecule has 0 spiro atoms. The molecule has 0 saturated carbocycles. The lowest BCUT2D eigenvalue weighted by molar-refractivity contribution is 0.148. The maximum absolute atomic E-state index is 12.3. The third-order valence-electron chi connectivity index (χ3n) is 5.11. The zero-order valence-electron chi connectivity index (χ0n) is 17.1. The standard InChI is InChI=1S/C22H31N5O/c1-25(2)21-7-5-4-6-20(21)24-22(28)23-16-18-8-10-19(11-9-18)17-27-14-12-26(3)13-15-27/h4-11H,12-17H2,1-3H3,(H2,23,24,28). The van der Waals surface area contributed by atoms with Gasteiger partial charge < -0.3 is 20.4 Å². The number of urea groups is 1. The molecule has 0 unspecified atom stereocenters. The van der Waals surface area contributed by atoms with Gasteiger partial charge in [-0.1, -0.05) is 36.4 Å². The zero-order chi connectivity index (χ0) is 19.9. The van der Waals surface area contributed by atoms with Crippen LogP contribution in [0.15, 0.2) is 48.5 Å². The van der Waals surface area contributed by atoms with Crippen LogP contribution in [0.1, 0.15) is 11.1 Å². The number of para-hydroxylation sites is 2. The van der Waals surface area contributed by atoms with Gasteiger partial charge >= 0.3 is 6.03 Å². The lowest BCUT2D eigenvalue weighted by Crippen LogP contribution is -2.43. The number of amides is 2.